The first-order valence-electron chi connectivity index (χ1n) is 7.45. The number of rotatable bonds is 1. The normalized spacial score (nSPS) is 13.2. The number of hydrogen-bond acceptors (Lipinski definition) is 3. The summed E-state index contributed by atoms with van der Waals surface area (Å²) in [5.74, 6) is 0.866. The van der Waals surface area contributed by atoms with Gasteiger partial charge < -0.3 is 9.15 Å². The van der Waals surface area contributed by atoms with Gasteiger partial charge in [-0.3, -0.25) is 0 Å². The molecule has 3 aromatic rings. The van der Waals surface area contributed by atoms with Gasteiger partial charge >= 0.3 is 5.63 Å². The van der Waals surface area contributed by atoms with Crippen LogP contribution in [0, 0.1) is 13.8 Å². The van der Waals surface area contributed by atoms with Crippen LogP contribution in [0.2, 0.25) is 0 Å². The van der Waals surface area contributed by atoms with Crippen LogP contribution in [0.1, 0.15) is 16.7 Å². The summed E-state index contributed by atoms with van der Waals surface area (Å²) in [6.07, 6.45) is 0.776. The lowest BCUT2D eigenvalue weighted by Gasteiger charge is -2.16. The Bertz CT molecular complexity index is 937. The molecule has 0 bridgehead atoms. The summed E-state index contributed by atoms with van der Waals surface area (Å²) >= 11 is 0. The van der Waals surface area contributed by atoms with Crippen LogP contribution < -0.4 is 10.4 Å². The van der Waals surface area contributed by atoms with Crippen molar-refractivity contribution in [3.05, 3.63) is 63.5 Å². The van der Waals surface area contributed by atoms with Crippen LogP contribution in [0.3, 0.4) is 0 Å². The molecule has 0 N–H and O–H groups in total. The van der Waals surface area contributed by atoms with E-state index in [1.807, 2.05) is 25.1 Å². The lowest BCUT2D eigenvalue weighted by molar-refractivity contribution is 0.358. The maximum Gasteiger partial charge on any atom is 0.336 e. The second-order valence-corrected chi connectivity index (χ2v) is 5.72. The van der Waals surface area contributed by atoms with E-state index >= 15 is 0 Å². The first-order chi connectivity index (χ1) is 10.7. The highest BCUT2D eigenvalue weighted by Gasteiger charge is 2.26. The van der Waals surface area contributed by atoms with E-state index in [2.05, 4.69) is 19.1 Å². The fourth-order valence-corrected chi connectivity index (χ4v) is 3.43. The van der Waals surface area contributed by atoms with Crippen molar-refractivity contribution in [3.63, 3.8) is 0 Å². The highest BCUT2D eigenvalue weighted by Crippen LogP contribution is 2.44. The Morgan fingerprint density at radius 3 is 2.64 bits per heavy atom. The van der Waals surface area contributed by atoms with Crippen LogP contribution in [-0.2, 0) is 6.42 Å². The molecule has 3 heteroatoms. The first-order valence-corrected chi connectivity index (χ1v) is 7.45. The quantitative estimate of drug-likeness (QED) is 0.636. The average Bonchev–Trinajstić information content (AvgIpc) is 2.97. The molecule has 0 atom stereocenters. The fourth-order valence-electron chi connectivity index (χ4n) is 3.43. The third-order valence-electron chi connectivity index (χ3n) is 4.34. The SMILES string of the molecule is Cc1cc(=O)oc2c3c(c(-c4ccccc4)c(C)c12)OCC3. The second-order valence-electron chi connectivity index (χ2n) is 5.72. The van der Waals surface area contributed by atoms with Crippen LogP contribution in [0.5, 0.6) is 5.75 Å². The minimum Gasteiger partial charge on any atom is -0.492 e. The molecule has 2 heterocycles. The molecular weight excluding hydrogens is 276 g/mol. The topological polar surface area (TPSA) is 39.4 Å². The molecule has 4 rings (SSSR count). The van der Waals surface area contributed by atoms with Crippen molar-refractivity contribution in [2.45, 2.75) is 20.3 Å². The highest BCUT2D eigenvalue weighted by atomic mass is 16.5. The van der Waals surface area contributed by atoms with Gasteiger partial charge in [0.1, 0.15) is 11.3 Å². The Hall–Kier alpha value is -2.55. The number of aryl methyl sites for hydroxylation is 2. The van der Waals surface area contributed by atoms with Gasteiger partial charge in [-0.25, -0.2) is 4.79 Å². The van der Waals surface area contributed by atoms with Gasteiger partial charge in [0, 0.05) is 29.0 Å². The number of fused-ring (bicyclic) bond motifs is 3. The van der Waals surface area contributed by atoms with Crippen LogP contribution >= 0.6 is 0 Å². The van der Waals surface area contributed by atoms with Crippen molar-refractivity contribution in [2.24, 2.45) is 0 Å². The highest BCUT2D eigenvalue weighted by molar-refractivity contribution is 5.96. The maximum absolute atomic E-state index is 11.8. The zero-order valence-electron chi connectivity index (χ0n) is 12.6. The molecule has 0 amide bonds. The molecule has 0 aliphatic carbocycles. The summed E-state index contributed by atoms with van der Waals surface area (Å²) in [6.45, 7) is 4.66. The fraction of sp³-hybridized carbons (Fsp3) is 0.211. The molecule has 0 saturated carbocycles. The third kappa shape index (κ3) is 1.78. The van der Waals surface area contributed by atoms with Gasteiger partial charge in [0.25, 0.3) is 0 Å². The van der Waals surface area contributed by atoms with Crippen LogP contribution in [0.15, 0.2) is 45.6 Å². The number of benzene rings is 2. The van der Waals surface area contributed by atoms with E-state index in [0.717, 1.165) is 45.4 Å². The molecule has 0 spiro atoms. The second kappa shape index (κ2) is 4.73. The Morgan fingerprint density at radius 2 is 1.86 bits per heavy atom. The van der Waals surface area contributed by atoms with Gasteiger partial charge in [-0.1, -0.05) is 30.3 Å². The van der Waals surface area contributed by atoms with Crippen molar-refractivity contribution in [2.75, 3.05) is 6.61 Å². The van der Waals surface area contributed by atoms with E-state index in [9.17, 15) is 4.79 Å². The van der Waals surface area contributed by atoms with Gasteiger partial charge in [0.15, 0.2) is 0 Å². The van der Waals surface area contributed by atoms with Crippen molar-refractivity contribution in [3.8, 4) is 16.9 Å². The smallest absolute Gasteiger partial charge is 0.336 e. The van der Waals surface area contributed by atoms with Crippen LogP contribution in [-0.4, -0.2) is 6.61 Å². The summed E-state index contributed by atoms with van der Waals surface area (Å²) in [7, 11) is 0. The lowest BCUT2D eigenvalue weighted by Crippen LogP contribution is -2.02. The molecule has 110 valence electrons. The van der Waals surface area contributed by atoms with Crippen molar-refractivity contribution in [1.29, 1.82) is 0 Å². The Morgan fingerprint density at radius 1 is 1.09 bits per heavy atom. The van der Waals surface area contributed by atoms with E-state index in [1.54, 1.807) is 6.07 Å². The summed E-state index contributed by atoms with van der Waals surface area (Å²) in [5, 5.41) is 1.03. The molecule has 1 aromatic heterocycles. The molecule has 0 unspecified atom stereocenters. The number of ether oxygens (including phenoxy) is 1. The molecule has 22 heavy (non-hydrogen) atoms. The predicted molar refractivity (Wildman–Crippen MR) is 86.6 cm³/mol. The van der Waals surface area contributed by atoms with E-state index in [0.29, 0.717) is 12.2 Å². The summed E-state index contributed by atoms with van der Waals surface area (Å²) in [4.78, 5) is 11.8. The monoisotopic (exact) mass is 292 g/mol. The maximum atomic E-state index is 11.8. The van der Waals surface area contributed by atoms with E-state index in [-0.39, 0.29) is 5.63 Å². The minimum atomic E-state index is -0.300. The Labute approximate surface area is 128 Å². The van der Waals surface area contributed by atoms with Gasteiger partial charge in [0.2, 0.25) is 0 Å². The van der Waals surface area contributed by atoms with Gasteiger partial charge in [-0.15, -0.1) is 0 Å². The standard InChI is InChI=1S/C19H16O3/c1-11-10-15(20)22-19-14-8-9-21-18(14)17(12(2)16(11)19)13-6-4-3-5-7-13/h3-7,10H,8-9H2,1-2H3. The van der Waals surface area contributed by atoms with Crippen molar-refractivity contribution >= 4 is 11.0 Å². The lowest BCUT2D eigenvalue weighted by atomic mass is 9.91. The molecule has 1 aliphatic rings. The zero-order valence-corrected chi connectivity index (χ0v) is 12.6. The largest absolute Gasteiger partial charge is 0.492 e. The van der Waals surface area contributed by atoms with Crippen LogP contribution in [0.25, 0.3) is 22.1 Å². The molecule has 3 nitrogen and oxygen atoms in total. The summed E-state index contributed by atoms with van der Waals surface area (Å²) < 4.78 is 11.4. The van der Waals surface area contributed by atoms with Gasteiger partial charge in [0.05, 0.1) is 6.61 Å². The Balaban J connectivity index is 2.20. The minimum absolute atomic E-state index is 0.300. The van der Waals surface area contributed by atoms with Gasteiger partial charge in [-0.05, 0) is 30.5 Å². The average molecular weight is 292 g/mol. The molecule has 0 fully saturated rings. The van der Waals surface area contributed by atoms with E-state index in [4.69, 9.17) is 9.15 Å². The number of hydrogen-bond donors (Lipinski definition) is 0. The summed E-state index contributed by atoms with van der Waals surface area (Å²) in [5.41, 5.74) is 5.70. The first kappa shape index (κ1) is 13.1. The molecule has 0 radical (unpaired) electrons. The van der Waals surface area contributed by atoms with Crippen molar-refractivity contribution in [1.82, 2.24) is 0 Å². The summed E-state index contributed by atoms with van der Waals surface area (Å²) in [6, 6.07) is 11.8. The molecule has 0 saturated heterocycles. The van der Waals surface area contributed by atoms with Gasteiger partial charge in [-0.2, -0.15) is 0 Å². The zero-order chi connectivity index (χ0) is 15.3. The Kier molecular flexibility index (Phi) is 2.83. The van der Waals surface area contributed by atoms with E-state index in [1.165, 1.54) is 0 Å². The molecular formula is C19H16O3. The van der Waals surface area contributed by atoms with Crippen LogP contribution in [0.4, 0.5) is 0 Å². The third-order valence-corrected chi connectivity index (χ3v) is 4.34. The predicted octanol–water partition coefficient (Wildman–Crippen LogP) is 4.01. The molecule has 2 aromatic carbocycles. The van der Waals surface area contributed by atoms with E-state index < -0.39 is 0 Å². The van der Waals surface area contributed by atoms with Crippen molar-refractivity contribution < 1.29 is 9.15 Å². The molecule has 1 aliphatic heterocycles.